The second-order valence-electron chi connectivity index (χ2n) is 7.10. The van der Waals surface area contributed by atoms with E-state index in [4.69, 9.17) is 10.7 Å². The van der Waals surface area contributed by atoms with E-state index in [1.807, 2.05) is 6.92 Å². The smallest absolute Gasteiger partial charge is 0.232 e. The minimum Gasteiger partial charge on any atom is -0.611 e. The van der Waals surface area contributed by atoms with Gasteiger partial charge in [-0.3, -0.25) is 0 Å². The number of fused-ring (bicyclic) bond motifs is 1. The molecule has 0 unspecified atom stereocenters. The average molecular weight is 387 g/mol. The second-order valence-corrected chi connectivity index (χ2v) is 10.0. The highest BCUT2D eigenvalue weighted by molar-refractivity contribution is 7.94. The number of rotatable bonds is 4. The summed E-state index contributed by atoms with van der Waals surface area (Å²) in [7, 11) is 0. The molecule has 1 saturated carbocycles. The van der Waals surface area contributed by atoms with Gasteiger partial charge in [0.25, 0.3) is 0 Å². The van der Waals surface area contributed by atoms with E-state index in [1.54, 1.807) is 12.4 Å². The van der Waals surface area contributed by atoms with Crippen molar-refractivity contribution in [3.05, 3.63) is 29.8 Å². The largest absolute Gasteiger partial charge is 0.611 e. The van der Waals surface area contributed by atoms with Crippen LogP contribution in [0.1, 0.15) is 50.4 Å². The van der Waals surface area contributed by atoms with Crippen molar-refractivity contribution in [2.45, 2.75) is 55.4 Å². The van der Waals surface area contributed by atoms with Crippen LogP contribution in [0.5, 0.6) is 0 Å². The van der Waals surface area contributed by atoms with Crippen LogP contribution in [-0.4, -0.2) is 24.8 Å². The van der Waals surface area contributed by atoms with Crippen LogP contribution in [0.4, 0.5) is 5.69 Å². The third-order valence-electron chi connectivity index (χ3n) is 4.93. The SMILES string of the molecule is Cc1ncc(-c2cc(C(C)C)c3c(N)c([S@+]([O-])C4CCC4)sc3n2)cn1. The molecule has 1 aliphatic carbocycles. The lowest BCUT2D eigenvalue weighted by Crippen LogP contribution is -2.28. The first kappa shape index (κ1) is 17.7. The predicted molar refractivity (Wildman–Crippen MR) is 108 cm³/mol. The Bertz CT molecular complexity index is 948. The molecule has 1 atom stereocenters. The molecule has 2 N–H and O–H groups in total. The fourth-order valence-corrected chi connectivity index (χ4v) is 6.36. The van der Waals surface area contributed by atoms with Crippen molar-refractivity contribution in [1.82, 2.24) is 15.0 Å². The van der Waals surface area contributed by atoms with Crippen LogP contribution in [-0.2, 0) is 11.2 Å². The topological polar surface area (TPSA) is 87.8 Å². The zero-order valence-electron chi connectivity index (χ0n) is 15.2. The molecule has 136 valence electrons. The summed E-state index contributed by atoms with van der Waals surface area (Å²) in [5, 5.41) is 1.21. The van der Waals surface area contributed by atoms with Gasteiger partial charge in [0, 0.05) is 34.5 Å². The Morgan fingerprint density at radius 3 is 2.54 bits per heavy atom. The number of nitrogens with zero attached hydrogens (tertiary/aromatic N) is 3. The zero-order valence-corrected chi connectivity index (χ0v) is 16.8. The highest BCUT2D eigenvalue weighted by atomic mass is 32.2. The summed E-state index contributed by atoms with van der Waals surface area (Å²) in [6, 6.07) is 2.07. The van der Waals surface area contributed by atoms with Crippen molar-refractivity contribution in [3.8, 4) is 11.3 Å². The Kier molecular flexibility index (Phi) is 4.62. The summed E-state index contributed by atoms with van der Waals surface area (Å²) in [5.41, 5.74) is 9.96. The summed E-state index contributed by atoms with van der Waals surface area (Å²) in [4.78, 5) is 14.2. The molecule has 3 aromatic rings. The molecule has 0 aromatic carbocycles. The van der Waals surface area contributed by atoms with Gasteiger partial charge in [0.1, 0.15) is 21.6 Å². The van der Waals surface area contributed by atoms with E-state index < -0.39 is 11.2 Å². The maximum Gasteiger partial charge on any atom is 0.232 e. The highest BCUT2D eigenvalue weighted by Gasteiger charge is 2.35. The monoisotopic (exact) mass is 386 g/mol. The quantitative estimate of drug-likeness (QED) is 0.670. The molecule has 0 aliphatic heterocycles. The lowest BCUT2D eigenvalue weighted by Gasteiger charge is -2.27. The fraction of sp³-hybridized carbons (Fsp3) is 0.421. The van der Waals surface area contributed by atoms with Gasteiger partial charge in [-0.15, -0.1) is 0 Å². The number of nitrogen functional groups attached to an aromatic ring is 1. The normalized spacial score (nSPS) is 16.2. The first-order valence-electron chi connectivity index (χ1n) is 8.88. The van der Waals surface area contributed by atoms with Crippen molar-refractivity contribution in [2.24, 2.45) is 0 Å². The Balaban J connectivity index is 1.88. The summed E-state index contributed by atoms with van der Waals surface area (Å²) < 4.78 is 13.7. The van der Waals surface area contributed by atoms with Crippen LogP contribution in [0.15, 0.2) is 22.7 Å². The fourth-order valence-electron chi connectivity index (χ4n) is 3.14. The van der Waals surface area contributed by atoms with E-state index in [0.717, 1.165) is 56.3 Å². The van der Waals surface area contributed by atoms with Gasteiger partial charge >= 0.3 is 0 Å². The predicted octanol–water partition coefficient (Wildman–Crippen LogP) is 4.43. The molecule has 3 aromatic heterocycles. The standard InChI is InChI=1S/C19H22N4OS2/c1-10(2)14-7-15(12-8-21-11(3)22-9-12)23-18-16(14)17(20)19(25-18)26(24)13-5-4-6-13/h7-10,13H,4-6,20H2,1-3H3/t26-/m1/s1. The molecule has 1 aliphatic rings. The third-order valence-corrected chi connectivity index (χ3v) is 8.23. The number of pyridine rings is 1. The van der Waals surface area contributed by atoms with E-state index >= 15 is 0 Å². The first-order chi connectivity index (χ1) is 12.5. The molecule has 7 heteroatoms. The molecule has 3 heterocycles. The molecule has 0 spiro atoms. The molecule has 5 nitrogen and oxygen atoms in total. The first-order valence-corrected chi connectivity index (χ1v) is 10.9. The number of hydrogen-bond donors (Lipinski definition) is 1. The van der Waals surface area contributed by atoms with Gasteiger partial charge in [-0.1, -0.05) is 25.2 Å². The lowest BCUT2D eigenvalue weighted by atomic mass is 9.98. The number of thiophene rings is 1. The molecular weight excluding hydrogens is 364 g/mol. The van der Waals surface area contributed by atoms with Gasteiger partial charge in [0.15, 0.2) is 0 Å². The molecule has 26 heavy (non-hydrogen) atoms. The van der Waals surface area contributed by atoms with Crippen molar-refractivity contribution in [3.63, 3.8) is 0 Å². The van der Waals surface area contributed by atoms with Crippen LogP contribution in [0.25, 0.3) is 21.5 Å². The summed E-state index contributed by atoms with van der Waals surface area (Å²) in [5.74, 6) is 1.02. The van der Waals surface area contributed by atoms with Crippen molar-refractivity contribution in [1.29, 1.82) is 0 Å². The van der Waals surface area contributed by atoms with E-state index in [0.29, 0.717) is 5.69 Å². The summed E-state index contributed by atoms with van der Waals surface area (Å²) >= 11 is 0.444. The highest BCUT2D eigenvalue weighted by Crippen LogP contribution is 2.44. The molecule has 1 fully saturated rings. The number of aryl methyl sites for hydroxylation is 1. The third kappa shape index (κ3) is 2.98. The summed E-state index contributed by atoms with van der Waals surface area (Å²) in [6.45, 7) is 6.15. The Labute approximate surface area is 160 Å². The Morgan fingerprint density at radius 2 is 1.96 bits per heavy atom. The molecule has 0 amide bonds. The van der Waals surface area contributed by atoms with Gasteiger partial charge < -0.3 is 10.3 Å². The van der Waals surface area contributed by atoms with E-state index in [2.05, 4.69) is 29.9 Å². The number of hydrogen-bond acceptors (Lipinski definition) is 6. The minimum absolute atomic E-state index is 0.248. The second kappa shape index (κ2) is 6.79. The average Bonchev–Trinajstić information content (AvgIpc) is 2.90. The summed E-state index contributed by atoms with van der Waals surface area (Å²) in [6.07, 6.45) is 6.80. The molecule has 0 radical (unpaired) electrons. The van der Waals surface area contributed by atoms with Gasteiger partial charge in [0.05, 0.1) is 5.69 Å². The molecular formula is C19H22N4OS2. The molecule has 4 rings (SSSR count). The number of nitrogens with two attached hydrogens (primary N) is 1. The van der Waals surface area contributed by atoms with Crippen molar-refractivity contribution < 1.29 is 4.55 Å². The van der Waals surface area contributed by atoms with Crippen molar-refractivity contribution >= 4 is 38.4 Å². The minimum atomic E-state index is -1.03. The maximum atomic E-state index is 12.9. The van der Waals surface area contributed by atoms with Gasteiger partial charge in [-0.2, -0.15) is 0 Å². The lowest BCUT2D eigenvalue weighted by molar-refractivity contribution is 0.478. The van der Waals surface area contributed by atoms with E-state index in [1.165, 1.54) is 11.3 Å². The van der Waals surface area contributed by atoms with Crippen LogP contribution in [0, 0.1) is 6.92 Å². The number of aromatic nitrogens is 3. The zero-order chi connectivity index (χ0) is 18.4. The van der Waals surface area contributed by atoms with Gasteiger partial charge in [-0.25, -0.2) is 15.0 Å². The van der Waals surface area contributed by atoms with E-state index in [9.17, 15) is 4.55 Å². The number of anilines is 1. The van der Waals surface area contributed by atoms with Gasteiger partial charge in [0.2, 0.25) is 4.21 Å². The van der Waals surface area contributed by atoms with Gasteiger partial charge in [-0.05, 0) is 43.7 Å². The molecule has 0 saturated heterocycles. The Morgan fingerprint density at radius 1 is 1.27 bits per heavy atom. The van der Waals surface area contributed by atoms with Crippen molar-refractivity contribution in [2.75, 3.05) is 5.73 Å². The molecule has 0 bridgehead atoms. The van der Waals surface area contributed by atoms with Crippen LogP contribution < -0.4 is 5.73 Å². The van der Waals surface area contributed by atoms with E-state index in [-0.39, 0.29) is 11.2 Å². The maximum absolute atomic E-state index is 12.9. The van der Waals surface area contributed by atoms with Crippen LogP contribution in [0.3, 0.4) is 0 Å². The van der Waals surface area contributed by atoms with Crippen LogP contribution in [0.2, 0.25) is 0 Å². The Hall–Kier alpha value is -1.70. The van der Waals surface area contributed by atoms with Crippen LogP contribution >= 0.6 is 11.3 Å².